The Bertz CT molecular complexity index is 1080. The third-order valence-electron chi connectivity index (χ3n) is 6.12. The molecule has 0 aliphatic carbocycles. The van der Waals surface area contributed by atoms with Crippen molar-refractivity contribution in [1.29, 1.82) is 0 Å². The number of hydrogen-bond donors (Lipinski definition) is 0. The summed E-state index contributed by atoms with van der Waals surface area (Å²) in [5, 5.41) is 0.635. The molecule has 1 fully saturated rings. The first-order valence-corrected chi connectivity index (χ1v) is 11.4. The lowest BCUT2D eigenvalue weighted by molar-refractivity contribution is -0.195. The highest BCUT2D eigenvalue weighted by Gasteiger charge is 2.47. The Labute approximate surface area is 198 Å². The Hall–Kier alpha value is -2.73. The van der Waals surface area contributed by atoms with Gasteiger partial charge in [-0.05, 0) is 41.0 Å². The second kappa shape index (κ2) is 10.5. The SMILES string of the molecule is CC(=O)N1CCC(OCc2ccccc2)(c2ccc(Cl)cc2)C(OCc2cccc(F)c2)C1. The molecule has 1 heterocycles. The van der Waals surface area contributed by atoms with Crippen LogP contribution in [0.1, 0.15) is 30.0 Å². The zero-order valence-corrected chi connectivity index (χ0v) is 19.3. The highest BCUT2D eigenvalue weighted by atomic mass is 35.5. The number of carbonyl (C=O) groups excluding carboxylic acids is 1. The summed E-state index contributed by atoms with van der Waals surface area (Å²) in [6.45, 7) is 3.08. The van der Waals surface area contributed by atoms with E-state index in [4.69, 9.17) is 21.1 Å². The second-order valence-electron chi connectivity index (χ2n) is 8.32. The molecule has 0 spiro atoms. The molecule has 0 aromatic heterocycles. The average molecular weight is 468 g/mol. The van der Waals surface area contributed by atoms with Crippen LogP contribution in [0.15, 0.2) is 78.9 Å². The molecule has 4 nitrogen and oxygen atoms in total. The van der Waals surface area contributed by atoms with Crippen molar-refractivity contribution in [3.05, 3.63) is 106 Å². The summed E-state index contributed by atoms with van der Waals surface area (Å²) >= 11 is 6.17. The fourth-order valence-corrected chi connectivity index (χ4v) is 4.42. The van der Waals surface area contributed by atoms with E-state index < -0.39 is 11.7 Å². The van der Waals surface area contributed by atoms with E-state index in [0.717, 1.165) is 16.7 Å². The molecule has 2 atom stereocenters. The molecule has 0 radical (unpaired) electrons. The van der Waals surface area contributed by atoms with Crippen molar-refractivity contribution in [3.63, 3.8) is 0 Å². The topological polar surface area (TPSA) is 38.8 Å². The van der Waals surface area contributed by atoms with Gasteiger partial charge in [-0.25, -0.2) is 4.39 Å². The van der Waals surface area contributed by atoms with E-state index in [1.807, 2.05) is 60.7 Å². The largest absolute Gasteiger partial charge is 0.368 e. The zero-order valence-electron chi connectivity index (χ0n) is 18.5. The van der Waals surface area contributed by atoms with Gasteiger partial charge in [0, 0.05) is 24.9 Å². The van der Waals surface area contributed by atoms with E-state index in [0.29, 0.717) is 31.1 Å². The van der Waals surface area contributed by atoms with Crippen LogP contribution in [0.5, 0.6) is 0 Å². The highest BCUT2D eigenvalue weighted by Crippen LogP contribution is 2.40. The van der Waals surface area contributed by atoms with Crippen LogP contribution in [0.2, 0.25) is 5.02 Å². The minimum absolute atomic E-state index is 0.0119. The molecule has 6 heteroatoms. The number of hydrogen-bond acceptors (Lipinski definition) is 3. The summed E-state index contributed by atoms with van der Waals surface area (Å²) in [6.07, 6.45) is 0.109. The first-order valence-electron chi connectivity index (χ1n) is 11.0. The van der Waals surface area contributed by atoms with Gasteiger partial charge in [-0.3, -0.25) is 4.79 Å². The van der Waals surface area contributed by atoms with Crippen LogP contribution >= 0.6 is 11.6 Å². The fourth-order valence-electron chi connectivity index (χ4n) is 4.29. The molecule has 1 aliphatic rings. The summed E-state index contributed by atoms with van der Waals surface area (Å²) in [7, 11) is 0. The molecule has 0 saturated carbocycles. The van der Waals surface area contributed by atoms with Gasteiger partial charge in [0.1, 0.15) is 17.5 Å². The number of piperidine rings is 1. The van der Waals surface area contributed by atoms with Crippen molar-refractivity contribution in [3.8, 4) is 0 Å². The van der Waals surface area contributed by atoms with E-state index in [1.54, 1.807) is 17.9 Å². The van der Waals surface area contributed by atoms with Crippen molar-refractivity contribution in [2.45, 2.75) is 38.3 Å². The van der Waals surface area contributed by atoms with Crippen LogP contribution in [-0.2, 0) is 33.1 Å². The third-order valence-corrected chi connectivity index (χ3v) is 6.37. The van der Waals surface area contributed by atoms with Gasteiger partial charge >= 0.3 is 0 Å². The smallest absolute Gasteiger partial charge is 0.219 e. The number of halogens is 2. The van der Waals surface area contributed by atoms with Gasteiger partial charge in [0.2, 0.25) is 5.91 Å². The lowest BCUT2D eigenvalue weighted by atomic mass is 9.81. The average Bonchev–Trinajstić information content (AvgIpc) is 2.83. The number of benzene rings is 3. The standard InChI is InChI=1S/C27H27ClFNO3/c1-20(31)30-15-14-27(23-10-12-24(28)13-11-23,33-19-21-6-3-2-4-7-21)26(17-30)32-18-22-8-5-9-25(29)16-22/h2-13,16,26H,14-15,17-19H2,1H3. The molecule has 0 N–H and O–H groups in total. The molecule has 172 valence electrons. The molecular weight excluding hydrogens is 441 g/mol. The molecule has 33 heavy (non-hydrogen) atoms. The van der Waals surface area contributed by atoms with E-state index >= 15 is 0 Å². The molecule has 3 aromatic rings. The minimum atomic E-state index is -0.792. The molecule has 1 aliphatic heterocycles. The van der Waals surface area contributed by atoms with Crippen LogP contribution in [0.25, 0.3) is 0 Å². The maximum absolute atomic E-state index is 13.7. The van der Waals surface area contributed by atoms with Gasteiger partial charge in [0.15, 0.2) is 0 Å². The van der Waals surface area contributed by atoms with Crippen LogP contribution in [0.4, 0.5) is 4.39 Å². The maximum atomic E-state index is 13.7. The molecule has 1 amide bonds. The predicted molar refractivity (Wildman–Crippen MR) is 126 cm³/mol. The van der Waals surface area contributed by atoms with Gasteiger partial charge in [-0.2, -0.15) is 0 Å². The first kappa shape index (κ1) is 23.4. The monoisotopic (exact) mass is 467 g/mol. The lowest BCUT2D eigenvalue weighted by Gasteiger charge is -2.47. The Balaban J connectivity index is 1.67. The van der Waals surface area contributed by atoms with E-state index in [1.165, 1.54) is 12.1 Å². The maximum Gasteiger partial charge on any atom is 0.219 e. The Morgan fingerprint density at radius 2 is 1.76 bits per heavy atom. The van der Waals surface area contributed by atoms with Gasteiger partial charge in [0.05, 0.1) is 19.8 Å². The normalized spacial score (nSPS) is 20.6. The van der Waals surface area contributed by atoms with E-state index in [2.05, 4.69) is 0 Å². The van der Waals surface area contributed by atoms with Gasteiger partial charge < -0.3 is 14.4 Å². The van der Waals surface area contributed by atoms with E-state index in [-0.39, 0.29) is 18.3 Å². The van der Waals surface area contributed by atoms with Crippen molar-refractivity contribution in [1.82, 2.24) is 4.90 Å². The van der Waals surface area contributed by atoms with Gasteiger partial charge in [-0.15, -0.1) is 0 Å². The quantitative estimate of drug-likeness (QED) is 0.445. The molecule has 4 rings (SSSR count). The first-order chi connectivity index (χ1) is 16.0. The number of rotatable bonds is 7. The van der Waals surface area contributed by atoms with E-state index in [9.17, 15) is 9.18 Å². The Kier molecular flexibility index (Phi) is 7.43. The van der Waals surface area contributed by atoms with Crippen LogP contribution in [0.3, 0.4) is 0 Å². The second-order valence-corrected chi connectivity index (χ2v) is 8.75. The van der Waals surface area contributed by atoms with Crippen LogP contribution < -0.4 is 0 Å². The number of ether oxygens (including phenoxy) is 2. The van der Waals surface area contributed by atoms with Crippen molar-refractivity contribution >= 4 is 17.5 Å². The highest BCUT2D eigenvalue weighted by molar-refractivity contribution is 6.30. The molecule has 0 bridgehead atoms. The predicted octanol–water partition coefficient (Wildman–Crippen LogP) is 5.73. The number of nitrogens with zero attached hydrogens (tertiary/aromatic N) is 1. The number of carbonyl (C=O) groups is 1. The van der Waals surface area contributed by atoms with Gasteiger partial charge in [-0.1, -0.05) is 66.2 Å². The van der Waals surface area contributed by atoms with Crippen LogP contribution in [0, 0.1) is 5.82 Å². The summed E-state index contributed by atoms with van der Waals surface area (Å²) in [5.74, 6) is -0.323. The summed E-state index contributed by atoms with van der Waals surface area (Å²) in [5.41, 5.74) is 1.92. The number of amides is 1. The number of likely N-dealkylation sites (tertiary alicyclic amines) is 1. The van der Waals surface area contributed by atoms with Gasteiger partial charge in [0.25, 0.3) is 0 Å². The van der Waals surface area contributed by atoms with Crippen molar-refractivity contribution < 1.29 is 18.7 Å². The third kappa shape index (κ3) is 5.61. The molecule has 3 aromatic carbocycles. The molecular formula is C27H27ClFNO3. The van der Waals surface area contributed by atoms with Crippen molar-refractivity contribution in [2.24, 2.45) is 0 Å². The fraction of sp³-hybridized carbons (Fsp3) is 0.296. The van der Waals surface area contributed by atoms with Crippen LogP contribution in [-0.4, -0.2) is 30.0 Å². The van der Waals surface area contributed by atoms with Crippen molar-refractivity contribution in [2.75, 3.05) is 13.1 Å². The molecule has 1 saturated heterocycles. The summed E-state index contributed by atoms with van der Waals surface area (Å²) in [4.78, 5) is 14.0. The summed E-state index contributed by atoms with van der Waals surface area (Å²) in [6, 6.07) is 23.9. The molecule has 2 unspecified atom stereocenters. The Morgan fingerprint density at radius 3 is 2.45 bits per heavy atom. The summed E-state index contributed by atoms with van der Waals surface area (Å²) < 4.78 is 26.7. The Morgan fingerprint density at radius 1 is 1.03 bits per heavy atom. The zero-order chi connectivity index (χ0) is 23.3. The minimum Gasteiger partial charge on any atom is -0.368 e. The lowest BCUT2D eigenvalue weighted by Crippen LogP contribution is -2.56.